The van der Waals surface area contributed by atoms with Gasteiger partial charge in [0.15, 0.2) is 0 Å². The van der Waals surface area contributed by atoms with E-state index >= 15 is 0 Å². The molecule has 7 nitrogen and oxygen atoms in total. The van der Waals surface area contributed by atoms with Crippen LogP contribution in [0.15, 0.2) is 66.4 Å². The highest BCUT2D eigenvalue weighted by atomic mass is 16.5. The number of rotatable bonds is 4. The van der Waals surface area contributed by atoms with Gasteiger partial charge in [-0.25, -0.2) is 9.97 Å². The molecule has 1 aliphatic carbocycles. The van der Waals surface area contributed by atoms with Gasteiger partial charge in [0.25, 0.3) is 0 Å². The molecular weight excluding hydrogens is 438 g/mol. The first-order valence-electron chi connectivity index (χ1n) is 12.6. The molecule has 4 heterocycles. The zero-order valence-electron chi connectivity index (χ0n) is 20.4. The molecule has 0 spiro atoms. The minimum absolute atomic E-state index is 0.139. The van der Waals surface area contributed by atoms with Gasteiger partial charge in [0.05, 0.1) is 12.7 Å². The molecule has 35 heavy (non-hydrogen) atoms. The number of hydrogen-bond donors (Lipinski definition) is 2. The number of aliphatic hydroxyl groups is 1. The van der Waals surface area contributed by atoms with Gasteiger partial charge >= 0.3 is 0 Å². The van der Waals surface area contributed by atoms with E-state index < -0.39 is 5.60 Å². The minimum atomic E-state index is -0.581. The van der Waals surface area contributed by atoms with Gasteiger partial charge in [-0.1, -0.05) is 24.3 Å². The second kappa shape index (κ2) is 8.72. The van der Waals surface area contributed by atoms with Crippen LogP contribution in [0.1, 0.15) is 56.1 Å². The molecule has 1 saturated heterocycles. The molecule has 2 unspecified atom stereocenters. The van der Waals surface area contributed by atoms with Crippen molar-refractivity contribution in [3.05, 3.63) is 77.5 Å². The van der Waals surface area contributed by atoms with Crippen LogP contribution in [0.3, 0.4) is 0 Å². The molecule has 4 aliphatic rings. The van der Waals surface area contributed by atoms with Gasteiger partial charge in [0.1, 0.15) is 11.9 Å². The number of fused-ring (bicyclic) bond motifs is 2. The molecule has 0 saturated carbocycles. The zero-order valence-corrected chi connectivity index (χ0v) is 20.4. The summed E-state index contributed by atoms with van der Waals surface area (Å²) in [6.07, 6.45) is 15.4. The fraction of sp³-hybridized carbons (Fsp3) is 0.429. The number of para-hydroxylation sites is 1. The first kappa shape index (κ1) is 22.2. The number of nitrogens with one attached hydrogen (secondary N) is 1. The van der Waals surface area contributed by atoms with Crippen molar-refractivity contribution in [3.63, 3.8) is 0 Å². The summed E-state index contributed by atoms with van der Waals surface area (Å²) < 4.78 is 5.72. The third-order valence-corrected chi connectivity index (χ3v) is 7.80. The summed E-state index contributed by atoms with van der Waals surface area (Å²) in [4.78, 5) is 13.9. The molecule has 1 aromatic heterocycles. The first-order chi connectivity index (χ1) is 17.0. The number of ether oxygens (including phenoxy) is 1. The smallest absolute Gasteiger partial charge is 0.225 e. The van der Waals surface area contributed by atoms with E-state index in [1.807, 2.05) is 25.4 Å². The van der Waals surface area contributed by atoms with Crippen molar-refractivity contribution in [1.82, 2.24) is 20.2 Å². The summed E-state index contributed by atoms with van der Waals surface area (Å²) >= 11 is 0. The van der Waals surface area contributed by atoms with Gasteiger partial charge < -0.3 is 25.0 Å². The topological polar surface area (TPSA) is 73.8 Å². The van der Waals surface area contributed by atoms with Crippen LogP contribution in [0.5, 0.6) is 5.75 Å². The van der Waals surface area contributed by atoms with E-state index in [0.717, 1.165) is 68.0 Å². The number of hydrogen-bond acceptors (Lipinski definition) is 7. The van der Waals surface area contributed by atoms with Gasteiger partial charge in [-0.05, 0) is 51.2 Å². The van der Waals surface area contributed by atoms with E-state index in [2.05, 4.69) is 61.6 Å². The predicted molar refractivity (Wildman–Crippen MR) is 137 cm³/mol. The molecular formula is C28H33N5O2. The summed E-state index contributed by atoms with van der Waals surface area (Å²) in [5, 5.41) is 14.0. The van der Waals surface area contributed by atoms with E-state index in [1.165, 1.54) is 17.0 Å². The number of nitrogens with zero attached hydrogens (tertiary/aromatic N) is 4. The Morgan fingerprint density at radius 1 is 1.14 bits per heavy atom. The Morgan fingerprint density at radius 3 is 2.69 bits per heavy atom. The Morgan fingerprint density at radius 2 is 1.91 bits per heavy atom. The van der Waals surface area contributed by atoms with Crippen LogP contribution in [0.2, 0.25) is 0 Å². The monoisotopic (exact) mass is 471 g/mol. The lowest BCUT2D eigenvalue weighted by molar-refractivity contribution is 0.0349. The van der Waals surface area contributed by atoms with Crippen molar-refractivity contribution in [1.29, 1.82) is 0 Å². The minimum Gasteiger partial charge on any atom is -0.496 e. The van der Waals surface area contributed by atoms with Crippen LogP contribution in [0.4, 0.5) is 5.95 Å². The second-order valence-electron chi connectivity index (χ2n) is 10.2. The predicted octanol–water partition coefficient (Wildman–Crippen LogP) is 4.16. The Kier molecular flexibility index (Phi) is 5.52. The molecule has 0 amide bonds. The second-order valence-corrected chi connectivity index (χ2v) is 10.2. The van der Waals surface area contributed by atoms with Crippen molar-refractivity contribution in [2.75, 3.05) is 25.1 Å². The van der Waals surface area contributed by atoms with Gasteiger partial charge in [0, 0.05) is 65.7 Å². The van der Waals surface area contributed by atoms with Crippen molar-refractivity contribution in [2.45, 2.75) is 56.7 Å². The van der Waals surface area contributed by atoms with Crippen LogP contribution < -0.4 is 15.0 Å². The molecule has 182 valence electrons. The Hall–Kier alpha value is -3.32. The molecule has 7 heteroatoms. The van der Waals surface area contributed by atoms with Crippen molar-refractivity contribution < 1.29 is 9.84 Å². The van der Waals surface area contributed by atoms with Gasteiger partial charge in [-0.2, -0.15) is 0 Å². The summed E-state index contributed by atoms with van der Waals surface area (Å²) in [5.74, 6) is 1.99. The maximum Gasteiger partial charge on any atom is 0.225 e. The Labute approximate surface area is 206 Å². The van der Waals surface area contributed by atoms with Crippen LogP contribution in [0.25, 0.3) is 5.57 Å². The van der Waals surface area contributed by atoms with Crippen LogP contribution in [-0.4, -0.2) is 51.9 Å². The maximum atomic E-state index is 10.2. The molecule has 6 rings (SSSR count). The van der Waals surface area contributed by atoms with Gasteiger partial charge in [0.2, 0.25) is 5.95 Å². The Balaban J connectivity index is 1.26. The normalized spacial score (nSPS) is 25.1. The van der Waals surface area contributed by atoms with Gasteiger partial charge in [-0.15, -0.1) is 0 Å². The highest BCUT2D eigenvalue weighted by Gasteiger charge is 2.38. The lowest BCUT2D eigenvalue weighted by atomic mass is 9.84. The van der Waals surface area contributed by atoms with Crippen molar-refractivity contribution in [2.24, 2.45) is 0 Å². The number of allylic oxidation sites excluding steroid dienone is 4. The number of aromatic nitrogens is 2. The maximum absolute atomic E-state index is 10.2. The molecule has 0 radical (unpaired) electrons. The number of piperidine rings is 1. The number of anilines is 1. The molecule has 1 fully saturated rings. The molecule has 2 aromatic rings. The quantitative estimate of drug-likeness (QED) is 0.694. The van der Waals surface area contributed by atoms with E-state index in [0.29, 0.717) is 5.92 Å². The average Bonchev–Trinajstić information content (AvgIpc) is 3.27. The summed E-state index contributed by atoms with van der Waals surface area (Å²) in [6.45, 7) is 3.46. The number of methoxy groups -OCH3 is 1. The van der Waals surface area contributed by atoms with E-state index in [1.54, 1.807) is 7.11 Å². The SMILES string of the molecule is COc1ccccc1C1CCCC2=C1N1C=C(c3cnc(N4CCC(C)(O)CC4)nc3)C=CC1N2. The van der Waals surface area contributed by atoms with E-state index in [9.17, 15) is 5.11 Å². The van der Waals surface area contributed by atoms with Gasteiger partial charge in [-0.3, -0.25) is 0 Å². The third-order valence-electron chi connectivity index (χ3n) is 7.80. The molecule has 0 bridgehead atoms. The van der Waals surface area contributed by atoms with E-state index in [-0.39, 0.29) is 6.17 Å². The fourth-order valence-electron chi connectivity index (χ4n) is 5.77. The lowest BCUT2D eigenvalue weighted by Crippen LogP contribution is -2.43. The van der Waals surface area contributed by atoms with Crippen LogP contribution >= 0.6 is 0 Å². The largest absolute Gasteiger partial charge is 0.496 e. The highest BCUT2D eigenvalue weighted by Crippen LogP contribution is 2.46. The highest BCUT2D eigenvalue weighted by molar-refractivity contribution is 5.75. The molecule has 2 N–H and O–H groups in total. The average molecular weight is 472 g/mol. The van der Waals surface area contributed by atoms with E-state index in [4.69, 9.17) is 4.74 Å². The lowest BCUT2D eigenvalue weighted by Gasteiger charge is -2.35. The fourth-order valence-corrected chi connectivity index (χ4v) is 5.77. The molecule has 2 atom stereocenters. The first-order valence-corrected chi connectivity index (χ1v) is 12.6. The molecule has 1 aromatic carbocycles. The Bertz CT molecular complexity index is 1190. The number of benzene rings is 1. The summed E-state index contributed by atoms with van der Waals surface area (Å²) in [6, 6.07) is 8.40. The van der Waals surface area contributed by atoms with Crippen molar-refractivity contribution in [3.8, 4) is 5.75 Å². The van der Waals surface area contributed by atoms with Crippen LogP contribution in [-0.2, 0) is 0 Å². The van der Waals surface area contributed by atoms with Crippen molar-refractivity contribution >= 4 is 11.5 Å². The summed E-state index contributed by atoms with van der Waals surface area (Å²) in [7, 11) is 1.75. The molecule has 3 aliphatic heterocycles. The summed E-state index contributed by atoms with van der Waals surface area (Å²) in [5.41, 5.74) is 5.48. The third kappa shape index (κ3) is 4.08. The van der Waals surface area contributed by atoms with Crippen LogP contribution in [0, 0.1) is 0 Å². The standard InChI is InChI=1S/C28H33N5O2/c1-28(34)12-14-32(15-13-28)27-29-16-20(17-30-27)19-10-11-25-31-23-8-5-7-22(26(23)33(25)18-19)21-6-3-4-9-24(21)35-2/h3-4,6,9-11,16-18,22,25,31,34H,5,7-8,12-15H2,1-2H3. The zero-order chi connectivity index (χ0) is 24.0.